The molecule has 6 rings (SSSR count). The van der Waals surface area contributed by atoms with Gasteiger partial charge < -0.3 is 4.42 Å². The largest absolute Gasteiger partial charge is 0.438 e. The summed E-state index contributed by atoms with van der Waals surface area (Å²) >= 11 is 0. The molecule has 0 radical (unpaired) electrons. The molecule has 2 nitrogen and oxygen atoms in total. The van der Waals surface area contributed by atoms with Gasteiger partial charge in [0.25, 0.3) is 0 Å². The fraction of sp³-hybridized carbons (Fsp3) is 0.0312. The molecular formula is C32H23NO. The number of nitrogens with zero attached hydrogens (tertiary/aromatic N) is 1. The van der Waals surface area contributed by atoms with Crippen LogP contribution >= 0.6 is 0 Å². The maximum Gasteiger partial charge on any atom is 0.227 e. The molecule has 162 valence electrons. The van der Waals surface area contributed by atoms with E-state index in [-0.39, 0.29) is 0 Å². The molecule has 2 aromatic heterocycles. The Kier molecular flexibility index (Phi) is 4.85. The van der Waals surface area contributed by atoms with Crippen LogP contribution in [0, 0.1) is 6.92 Å². The maximum atomic E-state index is 5.90. The van der Waals surface area contributed by atoms with Crippen molar-refractivity contribution in [2.24, 2.45) is 0 Å². The molecule has 0 saturated heterocycles. The van der Waals surface area contributed by atoms with Crippen LogP contribution in [0.25, 0.3) is 49.9 Å². The highest BCUT2D eigenvalue weighted by atomic mass is 16.3. The summed E-state index contributed by atoms with van der Waals surface area (Å²) in [6, 6.07) is 35.9. The highest BCUT2D eigenvalue weighted by Gasteiger charge is 2.13. The molecule has 0 N–H and O–H groups in total. The van der Waals surface area contributed by atoms with Crippen LogP contribution < -0.4 is 0 Å². The van der Waals surface area contributed by atoms with Crippen LogP contribution in [-0.4, -0.2) is 4.98 Å². The molecule has 0 aliphatic carbocycles. The van der Waals surface area contributed by atoms with Gasteiger partial charge in [-0.15, -0.1) is 0 Å². The molecule has 0 aliphatic rings. The molecule has 6 aromatic rings. The number of pyridine rings is 1. The van der Waals surface area contributed by atoms with E-state index >= 15 is 0 Å². The second-order valence-electron chi connectivity index (χ2n) is 8.59. The Bertz CT molecular complexity index is 1690. The van der Waals surface area contributed by atoms with E-state index in [1.165, 1.54) is 16.7 Å². The van der Waals surface area contributed by atoms with Crippen LogP contribution in [0.1, 0.15) is 16.7 Å². The first kappa shape index (κ1) is 20.2. The number of hydrogen-bond donors (Lipinski definition) is 0. The summed E-state index contributed by atoms with van der Waals surface area (Å²) in [6.45, 7) is 6.66. The van der Waals surface area contributed by atoms with Crippen molar-refractivity contribution in [1.82, 2.24) is 4.98 Å². The van der Waals surface area contributed by atoms with Crippen LogP contribution in [0.5, 0.6) is 0 Å². The van der Waals surface area contributed by atoms with Gasteiger partial charge in [0.05, 0.1) is 0 Å². The maximum absolute atomic E-state index is 5.90. The number of aromatic nitrogens is 1. The smallest absolute Gasteiger partial charge is 0.227 e. The summed E-state index contributed by atoms with van der Waals surface area (Å²) in [5, 5.41) is 2.11. The normalized spacial score (nSPS) is 11.2. The van der Waals surface area contributed by atoms with E-state index in [0.717, 1.165) is 44.2 Å². The van der Waals surface area contributed by atoms with Gasteiger partial charge in [0.1, 0.15) is 5.58 Å². The van der Waals surface area contributed by atoms with Crippen LogP contribution in [0.15, 0.2) is 120 Å². The third kappa shape index (κ3) is 3.41. The van der Waals surface area contributed by atoms with Gasteiger partial charge in [0, 0.05) is 17.0 Å². The minimum atomic E-state index is 0.671. The molecule has 34 heavy (non-hydrogen) atoms. The predicted octanol–water partition coefficient (Wildman–Crippen LogP) is 8.68. The summed E-state index contributed by atoms with van der Waals surface area (Å²) in [7, 11) is 0. The van der Waals surface area contributed by atoms with Crippen LogP contribution in [0.2, 0.25) is 0 Å². The molecule has 0 bridgehead atoms. The van der Waals surface area contributed by atoms with Crippen molar-refractivity contribution in [3.05, 3.63) is 133 Å². The Balaban J connectivity index is 1.43. The van der Waals surface area contributed by atoms with Gasteiger partial charge in [0.2, 0.25) is 5.71 Å². The van der Waals surface area contributed by atoms with Gasteiger partial charge in [-0.1, -0.05) is 79.4 Å². The zero-order valence-corrected chi connectivity index (χ0v) is 19.0. The Labute approximate surface area is 198 Å². The summed E-state index contributed by atoms with van der Waals surface area (Å²) in [5.41, 5.74) is 10.8. The van der Waals surface area contributed by atoms with E-state index in [9.17, 15) is 0 Å². The minimum absolute atomic E-state index is 0.671. The molecule has 4 aromatic carbocycles. The van der Waals surface area contributed by atoms with Crippen molar-refractivity contribution in [3.63, 3.8) is 0 Å². The molecule has 2 heteroatoms. The molecule has 0 aliphatic heterocycles. The van der Waals surface area contributed by atoms with E-state index in [1.54, 1.807) is 6.20 Å². The lowest BCUT2D eigenvalue weighted by molar-refractivity contribution is 0.654. The average Bonchev–Trinajstić information content (AvgIpc) is 3.27. The van der Waals surface area contributed by atoms with E-state index < -0.39 is 0 Å². The molecule has 0 unspecified atom stereocenters. The first-order chi connectivity index (χ1) is 16.7. The molecule has 0 fully saturated rings. The minimum Gasteiger partial charge on any atom is -0.438 e. The Morgan fingerprint density at radius 3 is 2.38 bits per heavy atom. The van der Waals surface area contributed by atoms with Crippen LogP contribution in [-0.2, 0) is 0 Å². The summed E-state index contributed by atoms with van der Waals surface area (Å²) < 4.78 is 5.90. The summed E-state index contributed by atoms with van der Waals surface area (Å²) in [5.74, 6) is 0. The lowest BCUT2D eigenvalue weighted by Crippen LogP contribution is -1.93. The zero-order chi connectivity index (χ0) is 23.1. The second kappa shape index (κ2) is 8.17. The number of furan rings is 1. The fourth-order valence-electron chi connectivity index (χ4n) is 4.69. The lowest BCUT2D eigenvalue weighted by atomic mass is 9.89. The van der Waals surface area contributed by atoms with Crippen molar-refractivity contribution in [2.45, 2.75) is 6.92 Å². The van der Waals surface area contributed by atoms with Crippen molar-refractivity contribution >= 4 is 27.6 Å². The summed E-state index contributed by atoms with van der Waals surface area (Å²) in [4.78, 5) is 4.35. The van der Waals surface area contributed by atoms with E-state index in [2.05, 4.69) is 109 Å². The Morgan fingerprint density at radius 1 is 0.706 bits per heavy atom. The molecule has 0 amide bonds. The number of fused-ring (bicyclic) bond motifs is 3. The van der Waals surface area contributed by atoms with Crippen LogP contribution in [0.4, 0.5) is 0 Å². The average molecular weight is 438 g/mol. The van der Waals surface area contributed by atoms with Gasteiger partial charge >= 0.3 is 0 Å². The lowest BCUT2D eigenvalue weighted by Gasteiger charge is -2.15. The standard InChI is InChI=1S/C32H23NO/c1-21-9-3-4-12-26(21)28-14-6-5-13-27(28)22(2)23-10-7-11-24(19-23)25-16-17-31-30(20-25)29-15-8-18-33-32(29)34-31/h3-20H,2H2,1H3. The van der Waals surface area contributed by atoms with Crippen molar-refractivity contribution < 1.29 is 4.42 Å². The van der Waals surface area contributed by atoms with E-state index in [1.807, 2.05) is 12.1 Å². The monoisotopic (exact) mass is 437 g/mol. The van der Waals surface area contributed by atoms with Gasteiger partial charge in [-0.2, -0.15) is 0 Å². The topological polar surface area (TPSA) is 26.0 Å². The van der Waals surface area contributed by atoms with Crippen LogP contribution in [0.3, 0.4) is 0 Å². The third-order valence-corrected chi connectivity index (χ3v) is 6.48. The van der Waals surface area contributed by atoms with E-state index in [4.69, 9.17) is 4.42 Å². The van der Waals surface area contributed by atoms with E-state index in [0.29, 0.717) is 5.71 Å². The second-order valence-corrected chi connectivity index (χ2v) is 8.59. The van der Waals surface area contributed by atoms with Crippen molar-refractivity contribution in [2.75, 3.05) is 0 Å². The highest BCUT2D eigenvalue weighted by molar-refractivity contribution is 6.05. The highest BCUT2D eigenvalue weighted by Crippen LogP contribution is 2.36. The molecule has 0 spiro atoms. The zero-order valence-electron chi connectivity index (χ0n) is 19.0. The molecule has 0 saturated carbocycles. The first-order valence-corrected chi connectivity index (χ1v) is 11.4. The molecule has 2 heterocycles. The third-order valence-electron chi connectivity index (χ3n) is 6.48. The molecular weight excluding hydrogens is 414 g/mol. The number of benzene rings is 4. The van der Waals surface area contributed by atoms with Gasteiger partial charge in [-0.25, -0.2) is 4.98 Å². The first-order valence-electron chi connectivity index (χ1n) is 11.4. The fourth-order valence-corrected chi connectivity index (χ4v) is 4.69. The van der Waals surface area contributed by atoms with Gasteiger partial charge in [0.15, 0.2) is 0 Å². The SMILES string of the molecule is C=C(c1cccc(-c2ccc3oc4ncccc4c3c2)c1)c1ccccc1-c1ccccc1C. The van der Waals surface area contributed by atoms with Gasteiger partial charge in [-0.05, 0) is 81.8 Å². The molecule has 0 atom stereocenters. The summed E-state index contributed by atoms with van der Waals surface area (Å²) in [6.07, 6.45) is 1.76. The number of aryl methyl sites for hydroxylation is 1. The Morgan fingerprint density at radius 2 is 1.50 bits per heavy atom. The number of rotatable bonds is 4. The predicted molar refractivity (Wildman–Crippen MR) is 142 cm³/mol. The van der Waals surface area contributed by atoms with Gasteiger partial charge in [-0.3, -0.25) is 0 Å². The number of hydrogen-bond acceptors (Lipinski definition) is 2. The van der Waals surface area contributed by atoms with Crippen molar-refractivity contribution in [1.29, 1.82) is 0 Å². The van der Waals surface area contributed by atoms with Crippen molar-refractivity contribution in [3.8, 4) is 22.3 Å². The Hall–Kier alpha value is -4.43. The quantitative estimate of drug-likeness (QED) is 0.276.